The van der Waals surface area contributed by atoms with Crippen molar-refractivity contribution in [3.63, 3.8) is 0 Å². The largest absolute Gasteiger partial charge is 0.459 e. The lowest BCUT2D eigenvalue weighted by molar-refractivity contribution is 0.0657. The van der Waals surface area contributed by atoms with Crippen LogP contribution in [0, 0.1) is 0 Å². The Morgan fingerprint density at radius 2 is 1.76 bits per heavy atom. The van der Waals surface area contributed by atoms with Crippen LogP contribution < -0.4 is 5.32 Å². The van der Waals surface area contributed by atoms with E-state index in [9.17, 15) is 4.79 Å². The van der Waals surface area contributed by atoms with E-state index in [-0.39, 0.29) is 35.3 Å². The van der Waals surface area contributed by atoms with Gasteiger partial charge in [0, 0.05) is 38.1 Å². The van der Waals surface area contributed by atoms with Crippen LogP contribution in [0.5, 0.6) is 0 Å². The number of aliphatic imine (C=N–C) groups is 1. The first-order valence-corrected chi connectivity index (χ1v) is 10.1. The Kier molecular flexibility index (Phi) is 7.21. The van der Waals surface area contributed by atoms with E-state index in [4.69, 9.17) is 9.41 Å². The molecule has 0 radical (unpaired) electrons. The highest BCUT2D eigenvalue weighted by Crippen LogP contribution is 2.48. The SMILES string of the molecule is CCNC(=NCC1(c2ccccc2)CC1)N1CCN(C(=O)c2ccco2)CC1.I. The van der Waals surface area contributed by atoms with Crippen LogP contribution in [0.3, 0.4) is 0 Å². The Balaban J connectivity index is 0.00000240. The van der Waals surface area contributed by atoms with E-state index in [1.54, 1.807) is 18.4 Å². The second kappa shape index (κ2) is 9.65. The summed E-state index contributed by atoms with van der Waals surface area (Å²) in [4.78, 5) is 21.5. The van der Waals surface area contributed by atoms with Crippen molar-refractivity contribution in [2.24, 2.45) is 4.99 Å². The number of amides is 1. The Labute approximate surface area is 189 Å². The first-order valence-electron chi connectivity index (χ1n) is 10.1. The maximum atomic E-state index is 12.5. The molecule has 1 saturated carbocycles. The molecule has 2 aromatic rings. The monoisotopic (exact) mass is 508 g/mol. The van der Waals surface area contributed by atoms with Gasteiger partial charge in [0.05, 0.1) is 12.8 Å². The topological polar surface area (TPSA) is 61.1 Å². The van der Waals surface area contributed by atoms with Gasteiger partial charge in [-0.25, -0.2) is 0 Å². The van der Waals surface area contributed by atoms with Crippen LogP contribution in [-0.2, 0) is 5.41 Å². The number of carbonyl (C=O) groups excluding carboxylic acids is 1. The molecule has 7 heteroatoms. The Morgan fingerprint density at radius 3 is 2.34 bits per heavy atom. The van der Waals surface area contributed by atoms with Gasteiger partial charge in [-0.1, -0.05) is 30.3 Å². The lowest BCUT2D eigenvalue weighted by Crippen LogP contribution is -2.53. The van der Waals surface area contributed by atoms with Gasteiger partial charge in [-0.3, -0.25) is 9.79 Å². The zero-order valence-corrected chi connectivity index (χ0v) is 19.2. The van der Waals surface area contributed by atoms with E-state index in [1.807, 2.05) is 4.90 Å². The molecule has 29 heavy (non-hydrogen) atoms. The molecule has 0 bridgehead atoms. The lowest BCUT2D eigenvalue weighted by atomic mass is 9.96. The number of nitrogens with one attached hydrogen (secondary N) is 1. The van der Waals surface area contributed by atoms with Gasteiger partial charge in [0.15, 0.2) is 11.7 Å². The van der Waals surface area contributed by atoms with E-state index < -0.39 is 0 Å². The van der Waals surface area contributed by atoms with Crippen molar-refractivity contribution >= 4 is 35.8 Å². The Hall–Kier alpha value is -2.03. The standard InChI is InChI=1S/C22H28N4O2.HI/c1-2-23-21(24-17-22(10-11-22)18-7-4-3-5-8-18)26-14-12-25(13-15-26)20(27)19-9-6-16-28-19;/h3-9,16H,2,10-15,17H2,1H3,(H,23,24);1H. The number of benzene rings is 1. The van der Waals surface area contributed by atoms with Crippen LogP contribution in [0.25, 0.3) is 0 Å². The third-order valence-corrected chi connectivity index (χ3v) is 5.70. The molecule has 1 saturated heterocycles. The zero-order valence-electron chi connectivity index (χ0n) is 16.8. The normalized spacial score (nSPS) is 18.2. The molecule has 1 aliphatic heterocycles. The highest BCUT2D eigenvalue weighted by Gasteiger charge is 2.44. The molecule has 0 unspecified atom stereocenters. The van der Waals surface area contributed by atoms with Gasteiger partial charge in [0.2, 0.25) is 0 Å². The maximum Gasteiger partial charge on any atom is 0.289 e. The summed E-state index contributed by atoms with van der Waals surface area (Å²) >= 11 is 0. The maximum absolute atomic E-state index is 12.5. The fourth-order valence-electron chi connectivity index (χ4n) is 3.81. The highest BCUT2D eigenvalue weighted by atomic mass is 127. The van der Waals surface area contributed by atoms with E-state index >= 15 is 0 Å². The zero-order chi connectivity index (χ0) is 19.4. The molecule has 4 rings (SSSR count). The molecule has 1 amide bonds. The van der Waals surface area contributed by atoms with Crippen molar-refractivity contribution in [2.45, 2.75) is 25.2 Å². The quantitative estimate of drug-likeness (QED) is 0.383. The first kappa shape index (κ1) is 21.7. The van der Waals surface area contributed by atoms with Gasteiger partial charge in [-0.15, -0.1) is 24.0 Å². The summed E-state index contributed by atoms with van der Waals surface area (Å²) in [6.45, 7) is 6.64. The lowest BCUT2D eigenvalue weighted by Gasteiger charge is -2.36. The molecule has 156 valence electrons. The predicted molar refractivity (Wildman–Crippen MR) is 125 cm³/mol. The van der Waals surface area contributed by atoms with Gasteiger partial charge in [-0.05, 0) is 37.5 Å². The number of piperazine rings is 1. The minimum Gasteiger partial charge on any atom is -0.459 e. The van der Waals surface area contributed by atoms with Crippen LogP contribution >= 0.6 is 24.0 Å². The number of guanidine groups is 1. The van der Waals surface area contributed by atoms with Crippen LogP contribution in [-0.4, -0.2) is 60.9 Å². The number of carbonyl (C=O) groups is 1. The van der Waals surface area contributed by atoms with Crippen molar-refractivity contribution in [3.05, 3.63) is 60.1 Å². The summed E-state index contributed by atoms with van der Waals surface area (Å²) in [6, 6.07) is 14.2. The number of hydrogen-bond acceptors (Lipinski definition) is 3. The molecular formula is C22H29IN4O2. The molecule has 0 atom stereocenters. The summed E-state index contributed by atoms with van der Waals surface area (Å²) in [5, 5.41) is 3.43. The molecule has 2 heterocycles. The molecule has 0 spiro atoms. The van der Waals surface area contributed by atoms with Gasteiger partial charge in [0.25, 0.3) is 5.91 Å². The fraction of sp³-hybridized carbons (Fsp3) is 0.455. The van der Waals surface area contributed by atoms with Gasteiger partial charge < -0.3 is 19.5 Å². The first-order chi connectivity index (χ1) is 13.7. The molecule has 6 nitrogen and oxygen atoms in total. The predicted octanol–water partition coefficient (Wildman–Crippen LogP) is 3.35. The van der Waals surface area contributed by atoms with E-state index in [0.29, 0.717) is 18.8 Å². The van der Waals surface area contributed by atoms with Crippen molar-refractivity contribution < 1.29 is 9.21 Å². The third-order valence-electron chi connectivity index (χ3n) is 5.70. The van der Waals surface area contributed by atoms with Crippen LogP contribution in [0.1, 0.15) is 35.9 Å². The number of halogens is 1. The number of furan rings is 1. The van der Waals surface area contributed by atoms with Gasteiger partial charge in [-0.2, -0.15) is 0 Å². The minimum atomic E-state index is -0.0346. The molecule has 2 aliphatic rings. The fourth-order valence-corrected chi connectivity index (χ4v) is 3.81. The van der Waals surface area contributed by atoms with Crippen LogP contribution in [0.15, 0.2) is 58.1 Å². The third kappa shape index (κ3) is 4.94. The second-order valence-electron chi connectivity index (χ2n) is 7.57. The molecule has 1 aliphatic carbocycles. The van der Waals surface area contributed by atoms with Crippen LogP contribution in [0.2, 0.25) is 0 Å². The van der Waals surface area contributed by atoms with E-state index in [1.165, 1.54) is 18.4 Å². The van der Waals surface area contributed by atoms with Crippen LogP contribution in [0.4, 0.5) is 0 Å². The average molecular weight is 508 g/mol. The summed E-state index contributed by atoms with van der Waals surface area (Å²) in [7, 11) is 0. The van der Waals surface area contributed by atoms with Crippen molar-refractivity contribution in [1.82, 2.24) is 15.1 Å². The van der Waals surface area contributed by atoms with E-state index in [0.717, 1.165) is 32.1 Å². The average Bonchev–Trinajstić information content (AvgIpc) is 3.34. The number of rotatable bonds is 5. The van der Waals surface area contributed by atoms with E-state index in [2.05, 4.69) is 47.5 Å². The minimum absolute atomic E-state index is 0. The highest BCUT2D eigenvalue weighted by molar-refractivity contribution is 14.0. The molecule has 1 aromatic heterocycles. The molecule has 2 fully saturated rings. The second-order valence-corrected chi connectivity index (χ2v) is 7.57. The van der Waals surface area contributed by atoms with Crippen molar-refractivity contribution in [3.8, 4) is 0 Å². The number of nitrogens with zero attached hydrogens (tertiary/aromatic N) is 3. The number of hydrogen-bond donors (Lipinski definition) is 1. The Morgan fingerprint density at radius 1 is 1.07 bits per heavy atom. The summed E-state index contributed by atoms with van der Waals surface area (Å²) in [6.07, 6.45) is 3.94. The summed E-state index contributed by atoms with van der Waals surface area (Å²) in [5.74, 6) is 1.33. The molecular weight excluding hydrogens is 479 g/mol. The smallest absolute Gasteiger partial charge is 0.289 e. The van der Waals surface area contributed by atoms with Gasteiger partial charge >= 0.3 is 0 Å². The van der Waals surface area contributed by atoms with Gasteiger partial charge in [0.1, 0.15) is 0 Å². The molecule has 1 aromatic carbocycles. The molecule has 1 N–H and O–H groups in total. The van der Waals surface area contributed by atoms with Crippen molar-refractivity contribution in [2.75, 3.05) is 39.3 Å². The Bertz CT molecular complexity index is 811. The summed E-state index contributed by atoms with van der Waals surface area (Å²) in [5.41, 5.74) is 1.60. The van der Waals surface area contributed by atoms with Crippen molar-refractivity contribution in [1.29, 1.82) is 0 Å². The summed E-state index contributed by atoms with van der Waals surface area (Å²) < 4.78 is 5.25.